The van der Waals surface area contributed by atoms with Crippen LogP contribution in [0.25, 0.3) is 16.8 Å². The van der Waals surface area contributed by atoms with Gasteiger partial charge in [0.15, 0.2) is 23.0 Å². The Morgan fingerprint density at radius 3 is 2.50 bits per heavy atom. The number of benzene rings is 3. The predicted molar refractivity (Wildman–Crippen MR) is 140 cm³/mol. The molecule has 184 valence electrons. The molecule has 1 heterocycles. The minimum atomic E-state index is -0.406. The number of nitrogens with zero attached hydrogens (tertiary/aromatic N) is 1. The van der Waals surface area contributed by atoms with Crippen molar-refractivity contribution in [1.82, 2.24) is 4.98 Å². The third kappa shape index (κ3) is 5.17. The first-order chi connectivity index (χ1) is 17.4. The zero-order valence-corrected chi connectivity index (χ0v) is 19.9. The number of nitrogens with one attached hydrogen (secondary N) is 1. The molecule has 0 fully saturated rings. The van der Waals surface area contributed by atoms with Crippen LogP contribution in [0.4, 0.5) is 0 Å². The fraction of sp³-hybridized carbons (Fsp3) is 0.143. The van der Waals surface area contributed by atoms with Crippen LogP contribution in [0, 0.1) is 0 Å². The fourth-order valence-corrected chi connectivity index (χ4v) is 3.88. The van der Waals surface area contributed by atoms with E-state index in [9.17, 15) is 20.1 Å². The zero-order chi connectivity index (χ0) is 25.7. The van der Waals surface area contributed by atoms with E-state index in [1.54, 1.807) is 42.5 Å². The summed E-state index contributed by atoms with van der Waals surface area (Å²) in [4.78, 5) is 19.2. The van der Waals surface area contributed by atoms with Gasteiger partial charge >= 0.3 is 0 Å². The predicted octanol–water partition coefficient (Wildman–Crippen LogP) is 4.54. The van der Waals surface area contributed by atoms with E-state index in [-0.39, 0.29) is 23.9 Å². The van der Waals surface area contributed by atoms with Gasteiger partial charge in [0, 0.05) is 22.6 Å². The number of aliphatic imine (C=N–C) groups is 1. The van der Waals surface area contributed by atoms with Crippen molar-refractivity contribution in [3.8, 4) is 28.9 Å². The summed E-state index contributed by atoms with van der Waals surface area (Å²) in [6.07, 6.45) is 5.74. The summed E-state index contributed by atoms with van der Waals surface area (Å²) < 4.78 is 10.2. The smallest absolute Gasteiger partial charge is 0.258 e. The molecule has 0 atom stereocenters. The molecule has 0 bridgehead atoms. The summed E-state index contributed by atoms with van der Waals surface area (Å²) in [5, 5.41) is 31.6. The van der Waals surface area contributed by atoms with Gasteiger partial charge in [0.25, 0.3) is 5.56 Å². The Balaban J connectivity index is 1.60. The number of phenolic OH excluding ortho intramolecular Hbond substituents is 2. The lowest BCUT2D eigenvalue weighted by molar-refractivity contribution is 0.371. The lowest BCUT2D eigenvalue weighted by Gasteiger charge is -2.07. The number of pyridine rings is 1. The molecule has 0 saturated carbocycles. The van der Waals surface area contributed by atoms with E-state index in [2.05, 4.69) is 9.98 Å². The van der Waals surface area contributed by atoms with Crippen molar-refractivity contribution in [1.29, 1.82) is 0 Å². The monoisotopic (exact) mass is 486 g/mol. The molecule has 0 radical (unpaired) electrons. The molecule has 8 nitrogen and oxygen atoms in total. The van der Waals surface area contributed by atoms with E-state index < -0.39 is 5.56 Å². The SMILES string of the molecule is COc1ccc(CN=Cc2c(O)[nH]c(=O)c3ccc(C=CCc4cccc(OC)c4O)cc23)cc1O. The number of para-hydroxylation sites is 1. The number of fused-ring (bicyclic) bond motifs is 1. The molecule has 0 aliphatic heterocycles. The molecule has 0 amide bonds. The van der Waals surface area contributed by atoms with Gasteiger partial charge in [0.05, 0.1) is 26.3 Å². The van der Waals surface area contributed by atoms with Crippen LogP contribution in [0.1, 0.15) is 22.3 Å². The molecule has 4 aromatic rings. The van der Waals surface area contributed by atoms with Gasteiger partial charge in [0.1, 0.15) is 0 Å². The maximum Gasteiger partial charge on any atom is 0.258 e. The average Bonchev–Trinajstić information content (AvgIpc) is 2.87. The van der Waals surface area contributed by atoms with E-state index >= 15 is 0 Å². The number of allylic oxidation sites excluding steroid dienone is 1. The number of rotatable bonds is 8. The summed E-state index contributed by atoms with van der Waals surface area (Å²) in [5.74, 6) is 0.616. The van der Waals surface area contributed by atoms with Crippen molar-refractivity contribution in [2.75, 3.05) is 14.2 Å². The first-order valence-corrected chi connectivity index (χ1v) is 11.2. The van der Waals surface area contributed by atoms with Crippen LogP contribution in [0.3, 0.4) is 0 Å². The third-order valence-corrected chi connectivity index (χ3v) is 5.75. The largest absolute Gasteiger partial charge is 0.504 e. The Morgan fingerprint density at radius 2 is 1.75 bits per heavy atom. The van der Waals surface area contributed by atoms with Crippen molar-refractivity contribution >= 4 is 23.1 Å². The number of aromatic hydroxyl groups is 3. The second kappa shape index (κ2) is 10.7. The van der Waals surface area contributed by atoms with E-state index in [0.717, 1.165) is 16.7 Å². The molecule has 0 saturated heterocycles. The second-order valence-corrected chi connectivity index (χ2v) is 8.07. The molecule has 0 spiro atoms. The highest BCUT2D eigenvalue weighted by Crippen LogP contribution is 2.30. The highest BCUT2D eigenvalue weighted by Gasteiger charge is 2.10. The van der Waals surface area contributed by atoms with Crippen molar-refractivity contribution in [3.05, 3.63) is 93.3 Å². The number of H-pyrrole nitrogens is 1. The number of phenols is 2. The quantitative estimate of drug-likeness (QED) is 0.271. The van der Waals surface area contributed by atoms with Gasteiger partial charge < -0.3 is 24.8 Å². The van der Waals surface area contributed by atoms with Crippen LogP contribution in [0.2, 0.25) is 0 Å². The van der Waals surface area contributed by atoms with Crippen LogP contribution in [-0.2, 0) is 13.0 Å². The minimum absolute atomic E-state index is 0.0150. The first kappa shape index (κ1) is 24.4. The van der Waals surface area contributed by atoms with Gasteiger partial charge in [-0.05, 0) is 47.9 Å². The van der Waals surface area contributed by atoms with Crippen molar-refractivity contribution in [3.63, 3.8) is 0 Å². The number of hydrogen-bond donors (Lipinski definition) is 4. The standard InChI is InChI=1S/C28H26N2O6/c1-35-24-12-10-18(14-23(24)31)15-29-16-22-21-13-17(9-11-20(21)27(33)30-28(22)34)5-3-6-19-7-4-8-25(36-2)26(19)32/h3-5,7-14,16,31-32H,6,15H2,1-2H3,(H2,30,33,34). The molecule has 3 aromatic carbocycles. The van der Waals surface area contributed by atoms with Crippen LogP contribution in [0.5, 0.6) is 28.9 Å². The van der Waals surface area contributed by atoms with E-state index in [1.165, 1.54) is 20.4 Å². The average molecular weight is 487 g/mol. The Morgan fingerprint density at radius 1 is 0.944 bits per heavy atom. The highest BCUT2D eigenvalue weighted by molar-refractivity contribution is 6.02. The van der Waals surface area contributed by atoms with Crippen molar-refractivity contribution in [2.24, 2.45) is 4.99 Å². The topological polar surface area (TPSA) is 124 Å². The van der Waals surface area contributed by atoms with Gasteiger partial charge in [-0.25, -0.2) is 0 Å². The summed E-state index contributed by atoms with van der Waals surface area (Å²) in [5.41, 5.74) is 2.25. The Bertz CT molecular complexity index is 1520. The maximum atomic E-state index is 12.4. The Labute approximate surface area is 207 Å². The molecule has 4 rings (SSSR count). The normalized spacial score (nSPS) is 11.5. The van der Waals surface area contributed by atoms with E-state index in [0.29, 0.717) is 34.3 Å². The molecule has 36 heavy (non-hydrogen) atoms. The molecular formula is C28H26N2O6. The number of aromatic nitrogens is 1. The number of ether oxygens (including phenoxy) is 2. The third-order valence-electron chi connectivity index (χ3n) is 5.75. The summed E-state index contributed by atoms with van der Waals surface area (Å²) in [7, 11) is 2.98. The minimum Gasteiger partial charge on any atom is -0.504 e. The molecule has 0 aliphatic carbocycles. The summed E-state index contributed by atoms with van der Waals surface area (Å²) in [6, 6.07) is 15.6. The van der Waals surface area contributed by atoms with Gasteiger partial charge in [0.2, 0.25) is 5.88 Å². The van der Waals surface area contributed by atoms with Crippen molar-refractivity contribution in [2.45, 2.75) is 13.0 Å². The molecule has 8 heteroatoms. The van der Waals surface area contributed by atoms with Crippen molar-refractivity contribution < 1.29 is 24.8 Å². The Hall–Kier alpha value is -4.72. The van der Waals surface area contributed by atoms with E-state index in [1.807, 2.05) is 24.3 Å². The first-order valence-electron chi connectivity index (χ1n) is 11.2. The van der Waals surface area contributed by atoms with Gasteiger partial charge in [-0.2, -0.15) is 0 Å². The highest BCUT2D eigenvalue weighted by atomic mass is 16.5. The molecule has 0 unspecified atom stereocenters. The number of aromatic amines is 1. The van der Waals surface area contributed by atoms with Gasteiger partial charge in [-0.15, -0.1) is 0 Å². The fourth-order valence-electron chi connectivity index (χ4n) is 3.88. The zero-order valence-electron chi connectivity index (χ0n) is 19.9. The van der Waals surface area contributed by atoms with Crippen LogP contribution in [0.15, 0.2) is 70.5 Å². The second-order valence-electron chi connectivity index (χ2n) is 8.07. The van der Waals surface area contributed by atoms with Crippen LogP contribution < -0.4 is 15.0 Å². The number of hydrogen-bond acceptors (Lipinski definition) is 7. The summed E-state index contributed by atoms with van der Waals surface area (Å²) in [6.45, 7) is 0.251. The molecular weight excluding hydrogens is 460 g/mol. The summed E-state index contributed by atoms with van der Waals surface area (Å²) >= 11 is 0. The molecule has 0 aliphatic rings. The lowest BCUT2D eigenvalue weighted by Crippen LogP contribution is -2.08. The van der Waals surface area contributed by atoms with E-state index in [4.69, 9.17) is 9.47 Å². The van der Waals surface area contributed by atoms with Gasteiger partial charge in [-0.3, -0.25) is 14.8 Å². The molecule has 1 aromatic heterocycles. The van der Waals surface area contributed by atoms with Gasteiger partial charge in [-0.1, -0.05) is 36.4 Å². The van der Waals surface area contributed by atoms with Crippen LogP contribution in [-0.4, -0.2) is 40.7 Å². The number of methoxy groups -OCH3 is 2. The maximum absolute atomic E-state index is 12.4. The lowest BCUT2D eigenvalue weighted by atomic mass is 10.0. The Kier molecular flexibility index (Phi) is 7.25. The molecule has 4 N–H and O–H groups in total. The van der Waals surface area contributed by atoms with Crippen LogP contribution >= 0.6 is 0 Å².